The molecule has 3 heterocycles. The number of hydrogen-bond acceptors (Lipinski definition) is 8. The first kappa shape index (κ1) is 22.6. The molecule has 0 spiro atoms. The number of benzene rings is 1. The second-order valence-corrected chi connectivity index (χ2v) is 8.59. The summed E-state index contributed by atoms with van der Waals surface area (Å²) < 4.78 is 24.1. The lowest BCUT2D eigenvalue weighted by atomic mass is 10.1. The highest BCUT2D eigenvalue weighted by Crippen LogP contribution is 2.38. The van der Waals surface area contributed by atoms with Gasteiger partial charge in [0.05, 0.1) is 24.4 Å². The zero-order chi connectivity index (χ0) is 23.2. The van der Waals surface area contributed by atoms with Crippen LogP contribution in [0.3, 0.4) is 0 Å². The molecule has 32 heavy (non-hydrogen) atoms. The van der Waals surface area contributed by atoms with E-state index in [1.807, 2.05) is 24.3 Å². The van der Waals surface area contributed by atoms with Crippen molar-refractivity contribution in [3.05, 3.63) is 63.1 Å². The van der Waals surface area contributed by atoms with E-state index in [0.717, 1.165) is 32.3 Å². The van der Waals surface area contributed by atoms with Gasteiger partial charge in [0, 0.05) is 24.7 Å². The van der Waals surface area contributed by atoms with Crippen LogP contribution in [-0.2, 0) is 27.4 Å². The molecule has 3 aromatic rings. The average molecular weight is 468 g/mol. The third kappa shape index (κ3) is 4.19. The summed E-state index contributed by atoms with van der Waals surface area (Å²) in [5.41, 5.74) is -0.117. The Bertz CT molecular complexity index is 1310. The molecule has 1 fully saturated rings. The lowest BCUT2D eigenvalue weighted by Gasteiger charge is -2.18. The lowest BCUT2D eigenvalue weighted by Crippen LogP contribution is -2.43. The number of aliphatic hydroxyl groups excluding tert-OH is 2. The van der Waals surface area contributed by atoms with E-state index in [0.29, 0.717) is 5.69 Å². The molecular weight excluding hydrogens is 447 g/mol. The number of fused-ring (bicyclic) bond motifs is 1. The summed E-state index contributed by atoms with van der Waals surface area (Å²) in [5.74, 6) is 0. The van der Waals surface area contributed by atoms with Gasteiger partial charge in [0.2, 0.25) is 0 Å². The standard InChI is InChI=1S/C18H21N4O9P/c1-20-12-5-3-2-4-10(12)11(19-20)8-22-14(23)6-7-21(18(22)26)17-16(25)15(24)13(31-17)9-30-32(27,28)29/h2-7,13,15-17,24-25H,8-9H2,1H3,(H2,27,28,29)/t13-,15+,16?,17-/m1/s1. The molecule has 0 radical (unpaired) electrons. The molecule has 4 N–H and O–H groups in total. The third-order valence-electron chi connectivity index (χ3n) is 5.26. The Kier molecular flexibility index (Phi) is 5.90. The Labute approximate surface area is 179 Å². The van der Waals surface area contributed by atoms with E-state index in [4.69, 9.17) is 14.5 Å². The quantitative estimate of drug-likeness (QED) is 0.317. The highest BCUT2D eigenvalue weighted by molar-refractivity contribution is 7.46. The summed E-state index contributed by atoms with van der Waals surface area (Å²) in [5, 5.41) is 25.6. The van der Waals surface area contributed by atoms with Gasteiger partial charge in [-0.1, -0.05) is 18.2 Å². The number of nitrogens with zero attached hydrogens (tertiary/aromatic N) is 4. The molecule has 1 aliphatic heterocycles. The number of para-hydroxylation sites is 1. The molecule has 14 heteroatoms. The van der Waals surface area contributed by atoms with Crippen LogP contribution in [0, 0.1) is 0 Å². The van der Waals surface area contributed by atoms with Gasteiger partial charge in [0.25, 0.3) is 5.56 Å². The smallest absolute Gasteiger partial charge is 0.387 e. The Hall–Kier alpha value is -2.64. The summed E-state index contributed by atoms with van der Waals surface area (Å²) in [4.78, 5) is 43.2. The topological polar surface area (TPSA) is 178 Å². The number of phosphoric acid groups is 1. The van der Waals surface area contributed by atoms with Crippen molar-refractivity contribution in [3.63, 3.8) is 0 Å². The van der Waals surface area contributed by atoms with E-state index in [1.54, 1.807) is 11.7 Å². The van der Waals surface area contributed by atoms with Gasteiger partial charge in [-0.25, -0.2) is 9.36 Å². The molecule has 0 bridgehead atoms. The van der Waals surface area contributed by atoms with Gasteiger partial charge < -0.3 is 24.7 Å². The van der Waals surface area contributed by atoms with Crippen molar-refractivity contribution in [2.75, 3.05) is 6.61 Å². The third-order valence-corrected chi connectivity index (χ3v) is 5.74. The van der Waals surface area contributed by atoms with Gasteiger partial charge in [-0.05, 0) is 6.07 Å². The number of hydrogen-bond donors (Lipinski definition) is 4. The van der Waals surface area contributed by atoms with Gasteiger partial charge in [0.15, 0.2) is 6.23 Å². The van der Waals surface area contributed by atoms with Crippen LogP contribution in [0.1, 0.15) is 11.9 Å². The number of aryl methyl sites for hydroxylation is 1. The predicted molar refractivity (Wildman–Crippen MR) is 109 cm³/mol. The van der Waals surface area contributed by atoms with Gasteiger partial charge in [0.1, 0.15) is 18.3 Å². The van der Waals surface area contributed by atoms with E-state index in [2.05, 4.69) is 9.62 Å². The Balaban J connectivity index is 1.66. The average Bonchev–Trinajstić information content (AvgIpc) is 3.20. The zero-order valence-electron chi connectivity index (χ0n) is 16.8. The highest BCUT2D eigenvalue weighted by Gasteiger charge is 2.45. The normalized spacial score (nSPS) is 23.8. The molecule has 172 valence electrons. The van der Waals surface area contributed by atoms with Gasteiger partial charge in [-0.15, -0.1) is 0 Å². The van der Waals surface area contributed by atoms with Crippen LogP contribution in [0.2, 0.25) is 0 Å². The second-order valence-electron chi connectivity index (χ2n) is 7.35. The molecular formula is C18H21N4O9P. The molecule has 0 amide bonds. The van der Waals surface area contributed by atoms with Crippen molar-refractivity contribution in [2.45, 2.75) is 31.1 Å². The zero-order valence-corrected chi connectivity index (χ0v) is 17.6. The summed E-state index contributed by atoms with van der Waals surface area (Å²) >= 11 is 0. The van der Waals surface area contributed by atoms with Gasteiger partial charge >= 0.3 is 13.5 Å². The largest absolute Gasteiger partial charge is 0.469 e. The maximum absolute atomic E-state index is 13.1. The first-order valence-corrected chi connectivity index (χ1v) is 11.0. The summed E-state index contributed by atoms with van der Waals surface area (Å²) in [6.07, 6.45) is -4.80. The van der Waals surface area contributed by atoms with E-state index in [9.17, 15) is 24.4 Å². The molecule has 0 saturated carbocycles. The fraction of sp³-hybridized carbons (Fsp3) is 0.389. The fourth-order valence-electron chi connectivity index (χ4n) is 3.69. The monoisotopic (exact) mass is 468 g/mol. The number of ether oxygens (including phenoxy) is 1. The van der Waals surface area contributed by atoms with Crippen molar-refractivity contribution < 1.29 is 33.8 Å². The van der Waals surface area contributed by atoms with Crippen molar-refractivity contribution >= 4 is 18.7 Å². The minimum Gasteiger partial charge on any atom is -0.387 e. The molecule has 4 rings (SSSR count). The molecule has 13 nitrogen and oxygen atoms in total. The maximum atomic E-state index is 13.1. The Morgan fingerprint density at radius 3 is 2.59 bits per heavy atom. The minimum atomic E-state index is -4.83. The molecule has 1 saturated heterocycles. The Morgan fingerprint density at radius 1 is 1.16 bits per heavy atom. The van der Waals surface area contributed by atoms with Crippen molar-refractivity contribution in [2.24, 2.45) is 7.05 Å². The van der Waals surface area contributed by atoms with E-state index in [-0.39, 0.29) is 6.54 Å². The van der Waals surface area contributed by atoms with Crippen molar-refractivity contribution in [1.29, 1.82) is 0 Å². The fourth-order valence-corrected chi connectivity index (χ4v) is 4.03. The van der Waals surface area contributed by atoms with E-state index >= 15 is 0 Å². The van der Waals surface area contributed by atoms with E-state index < -0.39 is 50.2 Å². The SMILES string of the molecule is Cn1nc(Cn2c(=O)ccn([C@@H]3O[C@H](COP(=O)(O)O)[C@H](O)C3O)c2=O)c2ccccc21. The number of phosphoric ester groups is 1. The molecule has 0 aliphatic carbocycles. The summed E-state index contributed by atoms with van der Waals surface area (Å²) in [6.45, 7) is -0.858. The van der Waals surface area contributed by atoms with Crippen LogP contribution in [0.25, 0.3) is 10.9 Å². The van der Waals surface area contributed by atoms with Crippen molar-refractivity contribution in [1.82, 2.24) is 18.9 Å². The van der Waals surface area contributed by atoms with Crippen LogP contribution in [0.15, 0.2) is 46.1 Å². The van der Waals surface area contributed by atoms with Crippen molar-refractivity contribution in [3.8, 4) is 0 Å². The van der Waals surface area contributed by atoms with Gasteiger partial charge in [-0.3, -0.25) is 23.1 Å². The first-order chi connectivity index (χ1) is 15.1. The van der Waals surface area contributed by atoms with E-state index in [1.165, 1.54) is 0 Å². The van der Waals surface area contributed by atoms with Crippen LogP contribution in [0.4, 0.5) is 0 Å². The van der Waals surface area contributed by atoms with Gasteiger partial charge in [-0.2, -0.15) is 5.10 Å². The maximum Gasteiger partial charge on any atom is 0.469 e. The Morgan fingerprint density at radius 2 is 1.88 bits per heavy atom. The van der Waals surface area contributed by atoms with Crippen LogP contribution in [-0.4, -0.2) is 63.8 Å². The second kappa shape index (κ2) is 8.37. The molecule has 1 unspecified atom stereocenters. The van der Waals surface area contributed by atoms with Crippen LogP contribution >= 0.6 is 7.82 Å². The molecule has 4 atom stereocenters. The number of aromatic nitrogens is 4. The molecule has 2 aromatic heterocycles. The molecule has 1 aliphatic rings. The predicted octanol–water partition coefficient (Wildman–Crippen LogP) is -1.33. The lowest BCUT2D eigenvalue weighted by molar-refractivity contribution is -0.0548. The number of rotatable bonds is 6. The highest BCUT2D eigenvalue weighted by atomic mass is 31.2. The minimum absolute atomic E-state index is 0.143. The number of aliphatic hydroxyl groups is 2. The molecule has 1 aromatic carbocycles. The first-order valence-electron chi connectivity index (χ1n) is 9.51. The van der Waals surface area contributed by atoms with Crippen LogP contribution in [0.5, 0.6) is 0 Å². The summed E-state index contributed by atoms with van der Waals surface area (Å²) in [6, 6.07) is 8.42. The summed E-state index contributed by atoms with van der Waals surface area (Å²) in [7, 11) is -3.09. The van der Waals surface area contributed by atoms with Crippen LogP contribution < -0.4 is 11.2 Å².